The lowest BCUT2D eigenvalue weighted by molar-refractivity contribution is -0.141. The molecule has 0 aliphatic rings. The van der Waals surface area contributed by atoms with Gasteiger partial charge in [0, 0.05) is 11.1 Å². The molecule has 1 amide bonds. The van der Waals surface area contributed by atoms with E-state index < -0.39 is 27.8 Å². The van der Waals surface area contributed by atoms with Gasteiger partial charge in [0.2, 0.25) is 5.91 Å². The number of benzene rings is 1. The van der Waals surface area contributed by atoms with Gasteiger partial charge in [-0.25, -0.2) is 13.2 Å². The number of carboxylic acids is 1. The fraction of sp³-hybridized carbons (Fsp3) is 0.471. The molecule has 0 aliphatic carbocycles. The molecule has 142 valence electrons. The van der Waals surface area contributed by atoms with E-state index in [1.165, 1.54) is 6.92 Å². The first-order valence-electron chi connectivity index (χ1n) is 8.21. The van der Waals surface area contributed by atoms with Crippen LogP contribution in [0, 0.1) is 13.8 Å². The Morgan fingerprint density at radius 2 is 1.92 bits per heavy atom. The Labute approximate surface area is 151 Å². The van der Waals surface area contributed by atoms with Crippen molar-refractivity contribution < 1.29 is 27.6 Å². The van der Waals surface area contributed by atoms with Gasteiger partial charge in [-0.05, 0) is 43.5 Å². The topological polar surface area (TPSA) is 127 Å². The van der Waals surface area contributed by atoms with E-state index in [-0.39, 0.29) is 24.3 Å². The van der Waals surface area contributed by atoms with Gasteiger partial charge in [0.15, 0.2) is 5.58 Å². The number of carbonyl (C=O) groups is 2. The molecule has 26 heavy (non-hydrogen) atoms. The number of nitrogens with zero attached hydrogens (tertiary/aromatic N) is 1. The van der Waals surface area contributed by atoms with Crippen molar-refractivity contribution in [2.75, 3.05) is 11.5 Å². The summed E-state index contributed by atoms with van der Waals surface area (Å²) in [6, 6.07) is 2.42. The molecule has 1 atom stereocenters. The number of rotatable bonds is 8. The third-order valence-corrected chi connectivity index (χ3v) is 6.02. The Morgan fingerprint density at radius 3 is 2.54 bits per heavy atom. The SMILES string of the molecule is CCS(=O)(=O)CCC(NC(=O)Cc1noc2cc(C)c(C)cc12)C(=O)O. The highest BCUT2D eigenvalue weighted by atomic mass is 32.2. The highest BCUT2D eigenvalue weighted by molar-refractivity contribution is 7.91. The predicted octanol–water partition coefficient (Wildman–Crippen LogP) is 1.38. The van der Waals surface area contributed by atoms with Gasteiger partial charge >= 0.3 is 5.97 Å². The minimum Gasteiger partial charge on any atom is -0.480 e. The molecule has 1 aromatic heterocycles. The van der Waals surface area contributed by atoms with E-state index in [1.807, 2.05) is 26.0 Å². The molecule has 0 saturated heterocycles. The van der Waals surface area contributed by atoms with Crippen molar-refractivity contribution in [2.24, 2.45) is 0 Å². The number of aryl methyl sites for hydroxylation is 2. The van der Waals surface area contributed by atoms with Gasteiger partial charge < -0.3 is 14.9 Å². The second-order valence-electron chi connectivity index (χ2n) is 6.22. The molecular formula is C17H22N2O6S. The summed E-state index contributed by atoms with van der Waals surface area (Å²) in [4.78, 5) is 23.5. The predicted molar refractivity (Wildman–Crippen MR) is 95.7 cm³/mol. The highest BCUT2D eigenvalue weighted by Crippen LogP contribution is 2.23. The third-order valence-electron chi connectivity index (χ3n) is 4.28. The Balaban J connectivity index is 2.09. The van der Waals surface area contributed by atoms with Crippen LogP contribution in [-0.4, -0.2) is 48.1 Å². The van der Waals surface area contributed by atoms with Gasteiger partial charge in [-0.3, -0.25) is 4.79 Å². The van der Waals surface area contributed by atoms with E-state index in [2.05, 4.69) is 10.5 Å². The molecule has 0 saturated carbocycles. The van der Waals surface area contributed by atoms with E-state index in [4.69, 9.17) is 4.52 Å². The number of sulfone groups is 1. The molecule has 0 aliphatic heterocycles. The van der Waals surface area contributed by atoms with Crippen molar-refractivity contribution in [1.29, 1.82) is 0 Å². The molecule has 2 aromatic rings. The number of aliphatic carboxylic acids is 1. The van der Waals surface area contributed by atoms with Crippen molar-refractivity contribution in [3.63, 3.8) is 0 Å². The lowest BCUT2D eigenvalue weighted by Gasteiger charge is -2.14. The lowest BCUT2D eigenvalue weighted by atomic mass is 10.1. The Bertz CT molecular complexity index is 932. The number of hydrogen-bond acceptors (Lipinski definition) is 6. The number of fused-ring (bicyclic) bond motifs is 1. The molecule has 0 spiro atoms. The summed E-state index contributed by atoms with van der Waals surface area (Å²) in [7, 11) is -3.31. The maximum absolute atomic E-state index is 12.2. The number of hydrogen-bond donors (Lipinski definition) is 2. The second-order valence-corrected chi connectivity index (χ2v) is 8.69. The van der Waals surface area contributed by atoms with Gasteiger partial charge in [-0.15, -0.1) is 0 Å². The van der Waals surface area contributed by atoms with Gasteiger partial charge in [-0.2, -0.15) is 0 Å². The van der Waals surface area contributed by atoms with Crippen molar-refractivity contribution in [2.45, 2.75) is 39.7 Å². The van der Waals surface area contributed by atoms with Crippen LogP contribution in [0.1, 0.15) is 30.2 Å². The summed E-state index contributed by atoms with van der Waals surface area (Å²) in [6.45, 7) is 5.36. The van der Waals surface area contributed by atoms with Gasteiger partial charge in [0.05, 0.1) is 12.2 Å². The number of carboxylic acid groups (broad SMARTS) is 1. The first kappa shape index (κ1) is 19.9. The molecule has 1 unspecified atom stereocenters. The third kappa shape index (κ3) is 4.81. The lowest BCUT2D eigenvalue weighted by Crippen LogP contribution is -2.42. The summed E-state index contributed by atoms with van der Waals surface area (Å²) in [5.41, 5.74) is 3.02. The van der Waals surface area contributed by atoms with Crippen molar-refractivity contribution in [1.82, 2.24) is 10.5 Å². The molecule has 2 rings (SSSR count). The zero-order chi connectivity index (χ0) is 19.5. The summed E-state index contributed by atoms with van der Waals surface area (Å²) < 4.78 is 28.3. The van der Waals surface area contributed by atoms with Crippen molar-refractivity contribution in [3.05, 3.63) is 29.0 Å². The Hall–Kier alpha value is -2.42. The molecule has 9 heteroatoms. The smallest absolute Gasteiger partial charge is 0.326 e. The molecule has 0 bridgehead atoms. The highest BCUT2D eigenvalue weighted by Gasteiger charge is 2.23. The van der Waals surface area contributed by atoms with Crippen LogP contribution in [0.5, 0.6) is 0 Å². The number of amides is 1. The van der Waals surface area contributed by atoms with E-state index in [0.717, 1.165) is 11.1 Å². The van der Waals surface area contributed by atoms with Gasteiger partial charge in [0.1, 0.15) is 21.6 Å². The largest absolute Gasteiger partial charge is 0.480 e. The van der Waals surface area contributed by atoms with Gasteiger partial charge in [0.25, 0.3) is 0 Å². The maximum atomic E-state index is 12.2. The number of nitrogens with one attached hydrogen (secondary N) is 1. The van der Waals surface area contributed by atoms with Crippen LogP contribution < -0.4 is 5.32 Å². The number of aromatic nitrogens is 1. The van der Waals surface area contributed by atoms with Crippen LogP contribution >= 0.6 is 0 Å². The zero-order valence-electron chi connectivity index (χ0n) is 14.9. The van der Waals surface area contributed by atoms with Crippen molar-refractivity contribution in [3.8, 4) is 0 Å². The van der Waals surface area contributed by atoms with Crippen LogP contribution in [0.4, 0.5) is 0 Å². The standard InChI is InChI=1S/C17H22N2O6S/c1-4-26(23,24)6-5-13(17(21)22)18-16(20)9-14-12-7-10(2)11(3)8-15(12)25-19-14/h7-8,13H,4-6,9H2,1-3H3,(H,18,20)(H,21,22). The van der Waals surface area contributed by atoms with Gasteiger partial charge in [-0.1, -0.05) is 12.1 Å². The van der Waals surface area contributed by atoms with E-state index in [1.54, 1.807) is 0 Å². The molecular weight excluding hydrogens is 360 g/mol. The van der Waals surface area contributed by atoms with Crippen LogP contribution in [0.2, 0.25) is 0 Å². The van der Waals surface area contributed by atoms with Crippen LogP contribution in [0.25, 0.3) is 11.0 Å². The van der Waals surface area contributed by atoms with E-state index >= 15 is 0 Å². The van der Waals surface area contributed by atoms with Crippen molar-refractivity contribution >= 4 is 32.7 Å². The Kier molecular flexibility index (Phi) is 6.01. The fourth-order valence-corrected chi connectivity index (χ4v) is 3.35. The Morgan fingerprint density at radius 1 is 1.27 bits per heavy atom. The summed E-state index contributed by atoms with van der Waals surface area (Å²) in [6.07, 6.45) is -0.338. The number of carbonyl (C=O) groups excluding carboxylic acids is 1. The zero-order valence-corrected chi connectivity index (χ0v) is 15.7. The van der Waals surface area contributed by atoms with Crippen LogP contribution in [0.3, 0.4) is 0 Å². The average Bonchev–Trinajstić information content (AvgIpc) is 2.93. The minimum absolute atomic E-state index is 0.0724. The van der Waals surface area contributed by atoms with Crippen LogP contribution in [0.15, 0.2) is 16.7 Å². The van der Waals surface area contributed by atoms with E-state index in [0.29, 0.717) is 16.7 Å². The average molecular weight is 382 g/mol. The maximum Gasteiger partial charge on any atom is 0.326 e. The molecule has 0 fully saturated rings. The molecule has 0 radical (unpaired) electrons. The first-order valence-corrected chi connectivity index (χ1v) is 10.0. The summed E-state index contributed by atoms with van der Waals surface area (Å²) in [5.74, 6) is -2.20. The summed E-state index contributed by atoms with van der Waals surface area (Å²) >= 11 is 0. The first-order chi connectivity index (χ1) is 12.1. The quantitative estimate of drug-likeness (QED) is 0.706. The molecule has 2 N–H and O–H groups in total. The monoisotopic (exact) mass is 382 g/mol. The molecule has 8 nitrogen and oxygen atoms in total. The summed E-state index contributed by atoms with van der Waals surface area (Å²) in [5, 5.41) is 16.2. The molecule has 1 aromatic carbocycles. The molecule has 1 heterocycles. The van der Waals surface area contributed by atoms with Crippen LogP contribution in [-0.2, 0) is 25.8 Å². The second kappa shape index (κ2) is 7.86. The van der Waals surface area contributed by atoms with E-state index in [9.17, 15) is 23.1 Å². The fourth-order valence-electron chi connectivity index (χ4n) is 2.47. The minimum atomic E-state index is -3.31. The normalized spacial score (nSPS) is 12.9.